The molecule has 5 heteroatoms. The molecule has 0 saturated heterocycles. The molecule has 0 atom stereocenters. The molecule has 92 valence electrons. The molecule has 1 aliphatic heterocycles. The van der Waals surface area contributed by atoms with E-state index in [-0.39, 0.29) is 0 Å². The second-order valence-electron chi connectivity index (χ2n) is 4.21. The van der Waals surface area contributed by atoms with Crippen LogP contribution in [-0.4, -0.2) is 9.97 Å². The summed E-state index contributed by atoms with van der Waals surface area (Å²) in [5.41, 5.74) is 3.20. The summed E-state index contributed by atoms with van der Waals surface area (Å²) in [6.07, 6.45) is 0. The minimum Gasteiger partial charge on any atom is -0.350 e. The molecule has 0 amide bonds. The predicted molar refractivity (Wildman–Crippen MR) is 71.4 cm³/mol. The van der Waals surface area contributed by atoms with Gasteiger partial charge in [0.1, 0.15) is 5.15 Å². The van der Waals surface area contributed by atoms with Gasteiger partial charge < -0.3 is 10.6 Å². The van der Waals surface area contributed by atoms with E-state index in [1.165, 1.54) is 5.56 Å². The van der Waals surface area contributed by atoms with E-state index in [0.29, 0.717) is 17.6 Å². The molecule has 1 aliphatic rings. The van der Waals surface area contributed by atoms with E-state index in [2.05, 4.69) is 32.7 Å². The van der Waals surface area contributed by atoms with Gasteiger partial charge in [-0.2, -0.15) is 0 Å². The van der Waals surface area contributed by atoms with Gasteiger partial charge in [-0.3, -0.25) is 0 Å². The zero-order chi connectivity index (χ0) is 12.4. The van der Waals surface area contributed by atoms with Crippen molar-refractivity contribution in [2.75, 3.05) is 5.32 Å². The number of hydrogen-bond acceptors (Lipinski definition) is 4. The van der Waals surface area contributed by atoms with E-state index in [1.807, 2.05) is 18.2 Å². The minimum atomic E-state index is 0.542. The quantitative estimate of drug-likeness (QED) is 0.832. The summed E-state index contributed by atoms with van der Waals surface area (Å²) in [5.74, 6) is 0.589. The second-order valence-corrected chi connectivity index (χ2v) is 4.56. The standard InChI is InChI=1S/C13H13ClN4/c14-12-10-7-15-8-11(10)17-13(18-12)16-6-9-4-2-1-3-5-9/h1-5,15H,6-8H2,(H,16,17,18). The largest absolute Gasteiger partial charge is 0.350 e. The Balaban J connectivity index is 1.76. The number of nitrogens with zero attached hydrogens (tertiary/aromatic N) is 2. The highest BCUT2D eigenvalue weighted by molar-refractivity contribution is 6.30. The van der Waals surface area contributed by atoms with Gasteiger partial charge in [0.2, 0.25) is 5.95 Å². The first-order valence-corrected chi connectivity index (χ1v) is 6.24. The zero-order valence-electron chi connectivity index (χ0n) is 9.78. The van der Waals surface area contributed by atoms with Crippen LogP contribution < -0.4 is 10.6 Å². The van der Waals surface area contributed by atoms with E-state index in [1.54, 1.807) is 0 Å². The van der Waals surface area contributed by atoms with Crippen molar-refractivity contribution in [3.63, 3.8) is 0 Å². The smallest absolute Gasteiger partial charge is 0.224 e. The van der Waals surface area contributed by atoms with Crippen LogP contribution in [0.5, 0.6) is 0 Å². The van der Waals surface area contributed by atoms with Crippen LogP contribution in [0, 0.1) is 0 Å². The summed E-state index contributed by atoms with van der Waals surface area (Å²) in [5, 5.41) is 6.95. The van der Waals surface area contributed by atoms with Gasteiger partial charge in [-0.15, -0.1) is 0 Å². The Kier molecular flexibility index (Phi) is 3.13. The molecule has 3 rings (SSSR count). The van der Waals surface area contributed by atoms with Gasteiger partial charge in [-0.1, -0.05) is 41.9 Å². The summed E-state index contributed by atoms with van der Waals surface area (Å²) >= 11 is 6.13. The average molecular weight is 261 g/mol. The molecule has 0 unspecified atom stereocenters. The molecular weight excluding hydrogens is 248 g/mol. The minimum absolute atomic E-state index is 0.542. The molecular formula is C13H13ClN4. The number of hydrogen-bond donors (Lipinski definition) is 2. The molecule has 2 aromatic rings. The van der Waals surface area contributed by atoms with E-state index >= 15 is 0 Å². The molecule has 2 N–H and O–H groups in total. The third-order valence-electron chi connectivity index (χ3n) is 2.93. The number of halogens is 1. The van der Waals surface area contributed by atoms with Crippen molar-refractivity contribution in [2.24, 2.45) is 0 Å². The fraction of sp³-hybridized carbons (Fsp3) is 0.231. The Hall–Kier alpha value is -1.65. The summed E-state index contributed by atoms with van der Waals surface area (Å²) in [4.78, 5) is 8.72. The highest BCUT2D eigenvalue weighted by Crippen LogP contribution is 2.22. The highest BCUT2D eigenvalue weighted by Gasteiger charge is 2.17. The van der Waals surface area contributed by atoms with Crippen LogP contribution in [0.3, 0.4) is 0 Å². The van der Waals surface area contributed by atoms with Gasteiger partial charge in [0.15, 0.2) is 0 Å². The summed E-state index contributed by atoms with van der Waals surface area (Å²) in [7, 11) is 0. The average Bonchev–Trinajstić information content (AvgIpc) is 2.86. The molecule has 4 nitrogen and oxygen atoms in total. The fourth-order valence-electron chi connectivity index (χ4n) is 1.98. The van der Waals surface area contributed by atoms with Gasteiger partial charge in [-0.25, -0.2) is 9.97 Å². The highest BCUT2D eigenvalue weighted by atomic mass is 35.5. The molecule has 0 spiro atoms. The molecule has 0 aliphatic carbocycles. The molecule has 0 radical (unpaired) electrons. The summed E-state index contributed by atoms with van der Waals surface area (Å²) < 4.78 is 0. The molecule has 1 aromatic heterocycles. The maximum Gasteiger partial charge on any atom is 0.224 e. The first-order chi connectivity index (χ1) is 8.83. The Morgan fingerprint density at radius 3 is 2.83 bits per heavy atom. The molecule has 1 aromatic carbocycles. The first kappa shape index (κ1) is 11.4. The SMILES string of the molecule is Clc1nc(NCc2ccccc2)nc2c1CNC2. The molecule has 0 saturated carbocycles. The number of aromatic nitrogens is 2. The number of rotatable bonds is 3. The monoisotopic (exact) mass is 260 g/mol. The van der Waals surface area contributed by atoms with Crippen molar-refractivity contribution in [3.05, 3.63) is 52.3 Å². The molecule has 2 heterocycles. The summed E-state index contributed by atoms with van der Waals surface area (Å²) in [6, 6.07) is 10.1. The number of fused-ring (bicyclic) bond motifs is 1. The van der Waals surface area contributed by atoms with Crippen LogP contribution in [-0.2, 0) is 19.6 Å². The lowest BCUT2D eigenvalue weighted by Gasteiger charge is -2.07. The van der Waals surface area contributed by atoms with Crippen LogP contribution in [0.1, 0.15) is 16.8 Å². The van der Waals surface area contributed by atoms with Crippen molar-refractivity contribution >= 4 is 17.5 Å². The maximum atomic E-state index is 6.13. The number of nitrogens with one attached hydrogen (secondary N) is 2. The Labute approximate surface area is 110 Å². The molecule has 18 heavy (non-hydrogen) atoms. The van der Waals surface area contributed by atoms with Gasteiger partial charge in [0.25, 0.3) is 0 Å². The van der Waals surface area contributed by atoms with Crippen LogP contribution in [0.4, 0.5) is 5.95 Å². The summed E-state index contributed by atoms with van der Waals surface area (Å²) in [6.45, 7) is 2.22. The molecule has 0 fully saturated rings. The van der Waals surface area contributed by atoms with Gasteiger partial charge in [0, 0.05) is 25.2 Å². The zero-order valence-corrected chi connectivity index (χ0v) is 10.5. The van der Waals surface area contributed by atoms with Crippen molar-refractivity contribution in [1.29, 1.82) is 0 Å². The van der Waals surface area contributed by atoms with E-state index < -0.39 is 0 Å². The van der Waals surface area contributed by atoms with Crippen molar-refractivity contribution in [2.45, 2.75) is 19.6 Å². The van der Waals surface area contributed by atoms with E-state index in [4.69, 9.17) is 11.6 Å². The lowest BCUT2D eigenvalue weighted by atomic mass is 10.2. The maximum absolute atomic E-state index is 6.13. The Morgan fingerprint density at radius 2 is 2.00 bits per heavy atom. The topological polar surface area (TPSA) is 49.8 Å². The third-order valence-corrected chi connectivity index (χ3v) is 3.24. The van der Waals surface area contributed by atoms with Crippen LogP contribution >= 0.6 is 11.6 Å². The van der Waals surface area contributed by atoms with Crippen LogP contribution in [0.25, 0.3) is 0 Å². The van der Waals surface area contributed by atoms with Crippen molar-refractivity contribution < 1.29 is 0 Å². The van der Waals surface area contributed by atoms with Crippen molar-refractivity contribution in [1.82, 2.24) is 15.3 Å². The lowest BCUT2D eigenvalue weighted by molar-refractivity contribution is 0.758. The third kappa shape index (κ3) is 2.30. The molecule has 0 bridgehead atoms. The fourth-order valence-corrected chi connectivity index (χ4v) is 2.24. The van der Waals surface area contributed by atoms with E-state index in [0.717, 1.165) is 24.3 Å². The van der Waals surface area contributed by atoms with Crippen LogP contribution in [0.15, 0.2) is 30.3 Å². The van der Waals surface area contributed by atoms with Crippen LogP contribution in [0.2, 0.25) is 5.15 Å². The van der Waals surface area contributed by atoms with Gasteiger partial charge >= 0.3 is 0 Å². The Bertz CT molecular complexity index is 556. The normalized spacial score (nSPS) is 13.4. The van der Waals surface area contributed by atoms with Crippen molar-refractivity contribution in [3.8, 4) is 0 Å². The first-order valence-electron chi connectivity index (χ1n) is 5.87. The predicted octanol–water partition coefficient (Wildman–Crippen LogP) is 2.35. The lowest BCUT2D eigenvalue weighted by Crippen LogP contribution is -2.06. The second kappa shape index (κ2) is 4.92. The number of anilines is 1. The van der Waals surface area contributed by atoms with Gasteiger partial charge in [0.05, 0.1) is 5.69 Å². The van der Waals surface area contributed by atoms with Gasteiger partial charge in [-0.05, 0) is 5.56 Å². The Morgan fingerprint density at radius 1 is 1.17 bits per heavy atom. The van der Waals surface area contributed by atoms with E-state index in [9.17, 15) is 0 Å². The number of benzene rings is 1.